The van der Waals surface area contributed by atoms with Crippen molar-refractivity contribution in [2.24, 2.45) is 23.5 Å². The van der Waals surface area contributed by atoms with Crippen molar-refractivity contribution in [3.05, 3.63) is 0 Å². The van der Waals surface area contributed by atoms with E-state index in [1.807, 2.05) is 0 Å². The molecule has 2 bridgehead atoms. The fourth-order valence-corrected chi connectivity index (χ4v) is 3.64. The zero-order chi connectivity index (χ0) is 14.4. The number of nitrogens with two attached hydrogens (primary N) is 1. The first-order chi connectivity index (χ1) is 9.72. The van der Waals surface area contributed by atoms with Crippen molar-refractivity contribution in [1.29, 1.82) is 0 Å². The Hall–Kier alpha value is -0.360. The van der Waals surface area contributed by atoms with Crippen LogP contribution in [0.15, 0.2) is 0 Å². The lowest BCUT2D eigenvalue weighted by molar-refractivity contribution is -0.128. The number of carbonyl (C=O) groups excluding carboxylic acids is 1. The molecule has 0 spiro atoms. The molecule has 2 aliphatic rings. The first kappa shape index (κ1) is 18.7. The monoisotopic (exact) mass is 320 g/mol. The maximum atomic E-state index is 12.2. The summed E-state index contributed by atoms with van der Waals surface area (Å²) in [7, 11) is 1.65. The molecule has 0 aromatic heterocycles. The van der Waals surface area contributed by atoms with Crippen molar-refractivity contribution >= 4 is 18.3 Å². The number of nitrogens with one attached hydrogen (secondary N) is 1. The summed E-state index contributed by atoms with van der Waals surface area (Å²) in [4.78, 5) is 12.2. The van der Waals surface area contributed by atoms with Crippen LogP contribution in [0.1, 0.15) is 32.1 Å². The van der Waals surface area contributed by atoms with E-state index in [1.165, 1.54) is 19.3 Å². The Morgan fingerprint density at radius 1 is 1.19 bits per heavy atom. The van der Waals surface area contributed by atoms with Gasteiger partial charge in [0.15, 0.2) is 0 Å². The smallest absolute Gasteiger partial charge is 0.223 e. The van der Waals surface area contributed by atoms with Crippen LogP contribution >= 0.6 is 12.4 Å². The van der Waals surface area contributed by atoms with Gasteiger partial charge in [0.05, 0.1) is 19.8 Å². The molecule has 0 heterocycles. The molecule has 0 aromatic rings. The van der Waals surface area contributed by atoms with Gasteiger partial charge in [-0.1, -0.05) is 6.42 Å². The molecule has 2 rings (SSSR count). The predicted molar refractivity (Wildman–Crippen MR) is 84.5 cm³/mol. The van der Waals surface area contributed by atoms with Gasteiger partial charge in [0, 0.05) is 25.6 Å². The summed E-state index contributed by atoms with van der Waals surface area (Å²) >= 11 is 0. The molecule has 1 amide bonds. The van der Waals surface area contributed by atoms with Crippen LogP contribution in [0.5, 0.6) is 0 Å². The van der Waals surface area contributed by atoms with Gasteiger partial charge in [-0.25, -0.2) is 0 Å². The second kappa shape index (κ2) is 9.62. The lowest BCUT2D eigenvalue weighted by atomic mass is 9.65. The van der Waals surface area contributed by atoms with Gasteiger partial charge in [0.1, 0.15) is 0 Å². The summed E-state index contributed by atoms with van der Waals surface area (Å²) in [5, 5.41) is 2.99. The van der Waals surface area contributed by atoms with Gasteiger partial charge >= 0.3 is 0 Å². The molecule has 2 unspecified atom stereocenters. The minimum atomic E-state index is 0. The largest absolute Gasteiger partial charge is 0.382 e. The molecule has 0 saturated heterocycles. The maximum Gasteiger partial charge on any atom is 0.223 e. The number of hydrogen-bond acceptors (Lipinski definition) is 4. The van der Waals surface area contributed by atoms with Gasteiger partial charge < -0.3 is 20.5 Å². The summed E-state index contributed by atoms with van der Waals surface area (Å²) < 4.78 is 10.2. The molecule has 2 fully saturated rings. The predicted octanol–water partition coefficient (Wildman–Crippen LogP) is 1.34. The van der Waals surface area contributed by atoms with E-state index in [0.717, 1.165) is 12.8 Å². The molecule has 21 heavy (non-hydrogen) atoms. The zero-order valence-corrected chi connectivity index (χ0v) is 13.7. The second-order valence-electron chi connectivity index (χ2n) is 6.09. The number of methoxy groups -OCH3 is 1. The fraction of sp³-hybridized carbons (Fsp3) is 0.933. The highest BCUT2D eigenvalue weighted by Crippen LogP contribution is 2.41. The van der Waals surface area contributed by atoms with Gasteiger partial charge in [-0.15, -0.1) is 12.4 Å². The molecule has 2 saturated carbocycles. The Balaban J connectivity index is 0.00000220. The van der Waals surface area contributed by atoms with Crippen molar-refractivity contribution in [1.82, 2.24) is 5.32 Å². The fourth-order valence-electron chi connectivity index (χ4n) is 3.64. The number of carbonyl (C=O) groups is 1. The van der Waals surface area contributed by atoms with Crippen LogP contribution in [0.4, 0.5) is 0 Å². The zero-order valence-electron chi connectivity index (χ0n) is 12.9. The Morgan fingerprint density at radius 2 is 1.86 bits per heavy atom. The van der Waals surface area contributed by atoms with E-state index in [0.29, 0.717) is 44.2 Å². The number of amides is 1. The Labute approximate surface area is 133 Å². The average Bonchev–Trinajstić information content (AvgIpc) is 2.42. The molecule has 2 aliphatic carbocycles. The minimum absolute atomic E-state index is 0. The first-order valence-corrected chi connectivity index (χ1v) is 7.82. The molecule has 5 nitrogen and oxygen atoms in total. The Morgan fingerprint density at radius 3 is 2.48 bits per heavy atom. The van der Waals surface area contributed by atoms with E-state index < -0.39 is 0 Å². The molecule has 0 aliphatic heterocycles. The summed E-state index contributed by atoms with van der Waals surface area (Å²) in [6.45, 7) is 2.31. The number of fused-ring (bicyclic) bond motifs is 2. The lowest BCUT2D eigenvalue weighted by Crippen LogP contribution is -2.49. The number of ether oxygens (including phenoxy) is 2. The minimum Gasteiger partial charge on any atom is -0.382 e. The van der Waals surface area contributed by atoms with E-state index in [4.69, 9.17) is 15.2 Å². The molecule has 3 N–H and O–H groups in total. The Kier molecular flexibility index (Phi) is 8.56. The van der Waals surface area contributed by atoms with Crippen LogP contribution in [0.25, 0.3) is 0 Å². The van der Waals surface area contributed by atoms with E-state index in [9.17, 15) is 4.79 Å². The maximum absolute atomic E-state index is 12.2. The van der Waals surface area contributed by atoms with Crippen LogP contribution in [0, 0.1) is 17.8 Å². The summed E-state index contributed by atoms with van der Waals surface area (Å²) in [6, 6.07) is 0.324. The highest BCUT2D eigenvalue weighted by molar-refractivity contribution is 5.85. The van der Waals surface area contributed by atoms with Gasteiger partial charge in [0.25, 0.3) is 0 Å². The molecule has 6 heteroatoms. The molecule has 0 aromatic carbocycles. The van der Waals surface area contributed by atoms with Crippen LogP contribution in [-0.4, -0.2) is 45.4 Å². The number of hydrogen-bond donors (Lipinski definition) is 2. The van der Waals surface area contributed by atoms with Gasteiger partial charge in [-0.05, 0) is 37.5 Å². The van der Waals surface area contributed by atoms with Crippen molar-refractivity contribution in [3.63, 3.8) is 0 Å². The normalized spacial score (nSPS) is 31.3. The summed E-state index contributed by atoms with van der Waals surface area (Å²) in [6.07, 6.45) is 5.61. The van der Waals surface area contributed by atoms with Gasteiger partial charge in [-0.3, -0.25) is 4.79 Å². The molecule has 2 atom stereocenters. The third-order valence-electron chi connectivity index (χ3n) is 4.76. The van der Waals surface area contributed by atoms with Crippen LogP contribution in [-0.2, 0) is 14.3 Å². The van der Waals surface area contributed by atoms with Gasteiger partial charge in [-0.2, -0.15) is 0 Å². The third kappa shape index (κ3) is 5.40. The lowest BCUT2D eigenvalue weighted by Gasteiger charge is -2.43. The number of halogens is 1. The average molecular weight is 321 g/mol. The van der Waals surface area contributed by atoms with Crippen molar-refractivity contribution in [2.45, 2.75) is 38.1 Å². The van der Waals surface area contributed by atoms with E-state index in [-0.39, 0.29) is 24.2 Å². The summed E-state index contributed by atoms with van der Waals surface area (Å²) in [5.41, 5.74) is 6.25. The quantitative estimate of drug-likeness (QED) is 0.694. The SMILES string of the molecule is COCCOCCNC(=O)C1CC2CCCC(C1)C2N.Cl. The van der Waals surface area contributed by atoms with E-state index in [2.05, 4.69) is 5.32 Å². The highest BCUT2D eigenvalue weighted by Gasteiger charge is 2.40. The molecular weight excluding hydrogens is 292 g/mol. The first-order valence-electron chi connectivity index (χ1n) is 7.82. The second-order valence-corrected chi connectivity index (χ2v) is 6.09. The van der Waals surface area contributed by atoms with E-state index >= 15 is 0 Å². The van der Waals surface area contributed by atoms with Crippen LogP contribution < -0.4 is 11.1 Å². The topological polar surface area (TPSA) is 73.6 Å². The third-order valence-corrected chi connectivity index (χ3v) is 4.76. The highest BCUT2D eigenvalue weighted by atomic mass is 35.5. The molecular formula is C15H29ClN2O3. The standard InChI is InChI=1S/C15H28N2O3.ClH/c1-19-7-8-20-6-5-17-15(18)13-9-11-3-2-4-12(10-13)14(11)16;/h11-14H,2-10,16H2,1H3,(H,17,18);1H. The Bertz CT molecular complexity index is 303. The van der Waals surface area contributed by atoms with Crippen LogP contribution in [0.2, 0.25) is 0 Å². The molecule has 124 valence electrons. The van der Waals surface area contributed by atoms with Crippen LogP contribution in [0.3, 0.4) is 0 Å². The van der Waals surface area contributed by atoms with Crippen molar-refractivity contribution in [3.8, 4) is 0 Å². The number of rotatable bonds is 7. The summed E-state index contributed by atoms with van der Waals surface area (Å²) in [5.74, 6) is 1.45. The van der Waals surface area contributed by atoms with Crippen molar-refractivity contribution in [2.75, 3.05) is 33.5 Å². The van der Waals surface area contributed by atoms with Gasteiger partial charge in [0.2, 0.25) is 5.91 Å². The van der Waals surface area contributed by atoms with Crippen molar-refractivity contribution < 1.29 is 14.3 Å². The van der Waals surface area contributed by atoms with E-state index in [1.54, 1.807) is 7.11 Å². The molecule has 0 radical (unpaired) electrons.